The largest absolute Gasteiger partial charge is 0.0149 e. The molecular weight excluding hydrogens is 110 g/mol. The average Bonchev–Trinajstić information content (AvgIpc) is 0. The first kappa shape index (κ1) is 36.0. The van der Waals surface area contributed by atoms with Crippen LogP contribution >= 0.6 is 13.5 Å². The van der Waals surface area contributed by atoms with Crippen molar-refractivity contribution in [2.45, 2.75) is 0 Å². The van der Waals surface area contributed by atoms with Crippen molar-refractivity contribution in [2.75, 3.05) is 0 Å². The number of hydrogen-bond acceptors (Lipinski definition) is 0. The third-order valence-electron chi connectivity index (χ3n) is 0. The Morgan fingerprint density at radius 3 is 1.00 bits per heavy atom. The molecule has 0 rings (SSSR count). The summed E-state index contributed by atoms with van der Waals surface area (Å²) < 4.78 is 0. The number of hydrogen-bond donors (Lipinski definition) is 0. The van der Waals surface area contributed by atoms with E-state index in [1.165, 1.54) is 0 Å². The minimum atomic E-state index is 0. The molecule has 0 fully saturated rings. The first-order chi connectivity index (χ1) is 0. The van der Waals surface area contributed by atoms with E-state index in [0.717, 1.165) is 0 Å². The van der Waals surface area contributed by atoms with Crippen molar-refractivity contribution >= 4 is 71.4 Å². The van der Waals surface area contributed by atoms with E-state index in [-0.39, 0.29) is 71.4 Å². The summed E-state index contributed by atoms with van der Waals surface area (Å²) in [7, 11) is 0. The fourth-order valence-corrected chi connectivity index (χ4v) is 0. The van der Waals surface area contributed by atoms with Gasteiger partial charge in [0.15, 0.2) is 17.4 Å². The van der Waals surface area contributed by atoms with E-state index in [2.05, 4.69) is 0 Å². The predicted octanol–water partition coefficient (Wildman–Crippen LogP) is -3.17. The summed E-state index contributed by atoms with van der Waals surface area (Å²) in [6.45, 7) is 0. The Kier molecular flexibility index (Phi) is 175. The first-order valence-electron chi connectivity index (χ1n) is 0. The molecule has 0 aliphatic heterocycles. The summed E-state index contributed by atoms with van der Waals surface area (Å²) in [5.74, 6) is 0. The second kappa shape index (κ2) is 19.4. The molecule has 0 aromatic rings. The van der Waals surface area contributed by atoms with Crippen molar-refractivity contribution in [2.24, 2.45) is 0 Å². The molecule has 0 aliphatic rings. The first-order valence-corrected chi connectivity index (χ1v) is 0. The van der Waals surface area contributed by atoms with Crippen LogP contribution in [0.1, 0.15) is 0 Å². The normalized spacial score (nSPS) is 0. The van der Waals surface area contributed by atoms with Gasteiger partial charge in [0.1, 0.15) is 0 Å². The molecule has 0 aliphatic carbocycles. The Labute approximate surface area is 70.6 Å². The standard InChI is InChI=1S/Al.Na.H2S.H4Si.4H/h;;1H2;1H4;;;;. The van der Waals surface area contributed by atoms with Crippen molar-refractivity contribution in [1.29, 1.82) is 0 Å². The van der Waals surface area contributed by atoms with E-state index < -0.39 is 0 Å². The maximum atomic E-state index is 0. The van der Waals surface area contributed by atoms with E-state index in [1.807, 2.05) is 0 Å². The van der Waals surface area contributed by atoms with Crippen LogP contribution in [-0.4, -0.2) is 57.9 Å². The third-order valence-corrected chi connectivity index (χ3v) is 0. The van der Waals surface area contributed by atoms with Gasteiger partial charge in [0.2, 0.25) is 0 Å². The van der Waals surface area contributed by atoms with Crippen LogP contribution in [0.2, 0.25) is 0 Å². The van der Waals surface area contributed by atoms with E-state index in [1.54, 1.807) is 0 Å². The van der Waals surface area contributed by atoms with Gasteiger partial charge in [0, 0.05) is 0 Å². The summed E-state index contributed by atoms with van der Waals surface area (Å²) >= 11 is 0. The van der Waals surface area contributed by atoms with Gasteiger partial charge in [-0.05, 0) is 11.0 Å². The minimum Gasteiger partial charge on any atom is -0.0149 e. The molecule has 0 spiro atoms. The molecule has 0 aromatic heterocycles. The van der Waals surface area contributed by atoms with Crippen LogP contribution in [0.5, 0.6) is 0 Å². The SMILES string of the molecule is S.[AlH3].[NaH].[SiH4]. The quantitative estimate of drug-likeness (QED) is 0.296. The van der Waals surface area contributed by atoms with Gasteiger partial charge in [-0.25, -0.2) is 0 Å². The number of rotatable bonds is 0. The monoisotopic (exact) mass is 120 g/mol. The maximum Gasteiger partial charge on any atom is -0.0149 e. The Balaban J connectivity index is 0. The summed E-state index contributed by atoms with van der Waals surface area (Å²) in [6.07, 6.45) is 0. The molecule has 0 N–H and O–H groups in total. The molecule has 4 heteroatoms. The molecule has 0 bridgehead atoms. The molecule has 0 saturated heterocycles. The second-order valence-corrected chi connectivity index (χ2v) is 0. The molecule has 0 amide bonds. The molecule has 24 valence electrons. The topological polar surface area (TPSA) is 0 Å². The Morgan fingerprint density at radius 2 is 1.00 bits per heavy atom. The summed E-state index contributed by atoms with van der Waals surface area (Å²) in [5.41, 5.74) is 0. The zero-order valence-electron chi connectivity index (χ0n) is 0.500. The van der Waals surface area contributed by atoms with Crippen molar-refractivity contribution < 1.29 is 0 Å². The molecule has 0 unspecified atom stereocenters. The molecule has 0 heterocycles. The predicted molar refractivity (Wildman–Crippen MR) is 38.8 cm³/mol. The molecular formula is H10AlNaSSi. The van der Waals surface area contributed by atoms with Gasteiger partial charge >= 0.3 is 29.6 Å². The van der Waals surface area contributed by atoms with E-state index in [9.17, 15) is 0 Å². The van der Waals surface area contributed by atoms with Crippen molar-refractivity contribution in [3.63, 3.8) is 0 Å². The molecule has 4 heavy (non-hydrogen) atoms. The van der Waals surface area contributed by atoms with Crippen molar-refractivity contribution in [3.8, 4) is 0 Å². The molecule has 0 aromatic carbocycles. The van der Waals surface area contributed by atoms with Crippen LogP contribution < -0.4 is 0 Å². The maximum absolute atomic E-state index is 0. The van der Waals surface area contributed by atoms with Gasteiger partial charge in [-0.15, -0.1) is 0 Å². The van der Waals surface area contributed by atoms with Crippen LogP contribution in [-0.2, 0) is 0 Å². The third kappa shape index (κ3) is 8.93. The fraction of sp³-hybridized carbons (Fsp3) is 0. The van der Waals surface area contributed by atoms with Crippen LogP contribution in [0.15, 0.2) is 0 Å². The van der Waals surface area contributed by atoms with Crippen LogP contribution in [0.4, 0.5) is 0 Å². The van der Waals surface area contributed by atoms with E-state index in [0.29, 0.717) is 0 Å². The second-order valence-electron chi connectivity index (χ2n) is 0. The van der Waals surface area contributed by atoms with Crippen molar-refractivity contribution in [3.05, 3.63) is 0 Å². The van der Waals surface area contributed by atoms with Crippen LogP contribution in [0.25, 0.3) is 0 Å². The Bertz CT molecular complexity index is 8.00. The minimum absolute atomic E-state index is 0. The molecule has 0 saturated carbocycles. The molecule has 0 radical (unpaired) electrons. The average molecular weight is 120 g/mol. The Hall–Kier alpha value is 2.10. The van der Waals surface area contributed by atoms with Crippen LogP contribution in [0, 0.1) is 0 Å². The van der Waals surface area contributed by atoms with Gasteiger partial charge in [0.05, 0.1) is 0 Å². The summed E-state index contributed by atoms with van der Waals surface area (Å²) in [4.78, 5) is 0. The fourth-order valence-electron chi connectivity index (χ4n) is 0. The molecule has 0 nitrogen and oxygen atoms in total. The van der Waals surface area contributed by atoms with Gasteiger partial charge in [-0.2, -0.15) is 13.5 Å². The Morgan fingerprint density at radius 1 is 1.00 bits per heavy atom. The van der Waals surface area contributed by atoms with Gasteiger partial charge in [-0.3, -0.25) is 0 Å². The summed E-state index contributed by atoms with van der Waals surface area (Å²) in [6, 6.07) is 0. The van der Waals surface area contributed by atoms with Gasteiger partial charge in [-0.1, -0.05) is 0 Å². The van der Waals surface area contributed by atoms with Crippen molar-refractivity contribution in [1.82, 2.24) is 0 Å². The molecule has 0 atom stereocenters. The summed E-state index contributed by atoms with van der Waals surface area (Å²) in [5, 5.41) is 0. The zero-order chi connectivity index (χ0) is 0. The van der Waals surface area contributed by atoms with Crippen LogP contribution in [0.3, 0.4) is 0 Å². The van der Waals surface area contributed by atoms with E-state index in [4.69, 9.17) is 0 Å². The van der Waals surface area contributed by atoms with Gasteiger partial charge in [0.25, 0.3) is 0 Å². The zero-order valence-corrected chi connectivity index (χ0v) is 1.50. The van der Waals surface area contributed by atoms with E-state index >= 15 is 0 Å². The van der Waals surface area contributed by atoms with Gasteiger partial charge < -0.3 is 0 Å². The smallest absolute Gasteiger partial charge is 0.0149 e.